The fourth-order valence-electron chi connectivity index (χ4n) is 1.67. The topological polar surface area (TPSA) is 55.5 Å². The van der Waals surface area contributed by atoms with Gasteiger partial charge in [-0.3, -0.25) is 0 Å². The van der Waals surface area contributed by atoms with Gasteiger partial charge in [0, 0.05) is 10.5 Å². The maximum absolute atomic E-state index is 9.82. The molecule has 0 aliphatic rings. The Balaban J connectivity index is 3.20. The van der Waals surface area contributed by atoms with Gasteiger partial charge in [-0.25, -0.2) is 0 Å². The van der Waals surface area contributed by atoms with Crippen LogP contribution in [0, 0.1) is 5.92 Å². The Morgan fingerprint density at radius 1 is 1.35 bits per heavy atom. The number of aromatic hydroxyl groups is 1. The molecule has 0 bridgehead atoms. The van der Waals surface area contributed by atoms with E-state index >= 15 is 0 Å². The first kappa shape index (κ1) is 14.8. The van der Waals surface area contributed by atoms with Crippen molar-refractivity contribution >= 4 is 31.9 Å². The highest BCUT2D eigenvalue weighted by Crippen LogP contribution is 2.43. The molecule has 0 saturated carbocycles. The molecule has 1 rings (SSSR count). The first-order chi connectivity index (χ1) is 7.88. The fourth-order valence-corrected chi connectivity index (χ4v) is 2.69. The minimum atomic E-state index is -0.0878. The van der Waals surface area contributed by atoms with Crippen LogP contribution in [-0.2, 0) is 0 Å². The lowest BCUT2D eigenvalue weighted by Gasteiger charge is -2.19. The Hall–Kier alpha value is -0.260. The number of ether oxygens (including phenoxy) is 1. The molecule has 0 fully saturated rings. The van der Waals surface area contributed by atoms with E-state index in [1.807, 2.05) is 0 Å². The third-order valence-electron chi connectivity index (χ3n) is 2.52. The molecule has 3 N–H and O–H groups in total. The lowest BCUT2D eigenvalue weighted by Crippen LogP contribution is -2.14. The molecule has 0 radical (unpaired) electrons. The predicted octanol–water partition coefficient (Wildman–Crippen LogP) is 3.97. The number of methoxy groups -OCH3 is 1. The number of phenols is 1. The van der Waals surface area contributed by atoms with Crippen LogP contribution in [0.25, 0.3) is 0 Å². The summed E-state index contributed by atoms with van der Waals surface area (Å²) in [5.74, 6) is 1.02. The van der Waals surface area contributed by atoms with Gasteiger partial charge in [0.25, 0.3) is 0 Å². The summed E-state index contributed by atoms with van der Waals surface area (Å²) in [4.78, 5) is 0. The molecular weight excluding hydrogens is 350 g/mol. The van der Waals surface area contributed by atoms with Crippen LogP contribution in [0.5, 0.6) is 11.5 Å². The number of hydrogen-bond donors (Lipinski definition) is 2. The third kappa shape index (κ3) is 3.36. The van der Waals surface area contributed by atoms with Crippen LogP contribution in [0.3, 0.4) is 0 Å². The van der Waals surface area contributed by atoms with Crippen molar-refractivity contribution in [2.75, 3.05) is 7.11 Å². The van der Waals surface area contributed by atoms with Crippen LogP contribution in [-0.4, -0.2) is 12.2 Å². The van der Waals surface area contributed by atoms with Gasteiger partial charge in [-0.05, 0) is 55.8 Å². The fraction of sp³-hybridized carbons (Fsp3) is 0.500. The van der Waals surface area contributed by atoms with E-state index < -0.39 is 0 Å². The molecule has 1 aromatic rings. The van der Waals surface area contributed by atoms with Crippen molar-refractivity contribution in [3.05, 3.63) is 20.6 Å². The molecule has 1 aromatic carbocycles. The van der Waals surface area contributed by atoms with Gasteiger partial charge in [-0.15, -0.1) is 0 Å². The largest absolute Gasteiger partial charge is 0.503 e. The Morgan fingerprint density at radius 2 is 1.94 bits per heavy atom. The quantitative estimate of drug-likeness (QED) is 0.847. The van der Waals surface area contributed by atoms with Crippen LogP contribution in [0.15, 0.2) is 15.0 Å². The number of halogens is 2. The summed E-state index contributed by atoms with van der Waals surface area (Å²) in [7, 11) is 1.52. The van der Waals surface area contributed by atoms with Gasteiger partial charge < -0.3 is 15.6 Å². The van der Waals surface area contributed by atoms with Gasteiger partial charge in [-0.2, -0.15) is 0 Å². The van der Waals surface area contributed by atoms with Gasteiger partial charge in [0.05, 0.1) is 11.6 Å². The normalized spacial score (nSPS) is 12.9. The van der Waals surface area contributed by atoms with E-state index in [1.54, 1.807) is 6.07 Å². The second-order valence-electron chi connectivity index (χ2n) is 4.38. The summed E-state index contributed by atoms with van der Waals surface area (Å²) in [6.45, 7) is 4.25. The molecule has 0 aliphatic carbocycles. The highest BCUT2D eigenvalue weighted by Gasteiger charge is 2.19. The minimum Gasteiger partial charge on any atom is -0.503 e. The summed E-state index contributed by atoms with van der Waals surface area (Å²) in [6.07, 6.45) is 0.874. The molecule has 0 aromatic heterocycles. The highest BCUT2D eigenvalue weighted by atomic mass is 79.9. The number of hydrogen-bond acceptors (Lipinski definition) is 3. The number of phenolic OH excluding ortho intramolecular Hbond substituents is 1. The first-order valence-corrected chi connectivity index (χ1v) is 6.97. The standard InChI is InChI=1S/C12H17Br2NO2/c1-6(2)4-8(15)7-5-9(17-3)12(16)11(14)10(7)13/h5-6,8,16H,4,15H2,1-3H3/t8-/m0/s1. The van der Waals surface area contributed by atoms with E-state index in [4.69, 9.17) is 10.5 Å². The molecule has 1 atom stereocenters. The SMILES string of the molecule is COc1cc([C@@H](N)CC(C)C)c(Br)c(Br)c1O. The van der Waals surface area contributed by atoms with E-state index in [0.717, 1.165) is 16.5 Å². The molecule has 17 heavy (non-hydrogen) atoms. The van der Waals surface area contributed by atoms with Crippen LogP contribution < -0.4 is 10.5 Å². The van der Waals surface area contributed by atoms with Gasteiger partial charge in [0.2, 0.25) is 0 Å². The Bertz CT molecular complexity index is 408. The van der Waals surface area contributed by atoms with Crippen LogP contribution >= 0.6 is 31.9 Å². The lowest BCUT2D eigenvalue weighted by molar-refractivity contribution is 0.370. The number of rotatable bonds is 4. The average molecular weight is 367 g/mol. The lowest BCUT2D eigenvalue weighted by atomic mass is 9.97. The van der Waals surface area contributed by atoms with Crippen molar-refractivity contribution in [3.63, 3.8) is 0 Å². The molecule has 0 aliphatic heterocycles. The van der Waals surface area contributed by atoms with Crippen molar-refractivity contribution in [2.45, 2.75) is 26.3 Å². The maximum atomic E-state index is 9.82. The molecule has 0 unspecified atom stereocenters. The van der Waals surface area contributed by atoms with Crippen molar-refractivity contribution in [1.82, 2.24) is 0 Å². The summed E-state index contributed by atoms with van der Waals surface area (Å²) >= 11 is 6.77. The molecule has 0 amide bonds. The first-order valence-electron chi connectivity index (χ1n) is 5.38. The summed E-state index contributed by atoms with van der Waals surface area (Å²) in [5.41, 5.74) is 7.08. The molecule has 0 heterocycles. The Kier molecular flexibility index (Phi) is 5.28. The zero-order valence-electron chi connectivity index (χ0n) is 10.1. The van der Waals surface area contributed by atoms with E-state index in [1.165, 1.54) is 7.11 Å². The highest BCUT2D eigenvalue weighted by molar-refractivity contribution is 9.13. The average Bonchev–Trinajstić information content (AvgIpc) is 2.25. The van der Waals surface area contributed by atoms with Gasteiger partial charge >= 0.3 is 0 Å². The van der Waals surface area contributed by atoms with Crippen molar-refractivity contribution in [3.8, 4) is 11.5 Å². The molecule has 0 saturated heterocycles. The van der Waals surface area contributed by atoms with Crippen LogP contribution in [0.2, 0.25) is 0 Å². The van der Waals surface area contributed by atoms with E-state index in [9.17, 15) is 5.11 Å². The van der Waals surface area contributed by atoms with Crippen LogP contribution in [0.4, 0.5) is 0 Å². The minimum absolute atomic E-state index is 0.0832. The Labute approximate surface area is 119 Å². The maximum Gasteiger partial charge on any atom is 0.173 e. The van der Waals surface area contributed by atoms with Gasteiger partial charge in [0.15, 0.2) is 11.5 Å². The van der Waals surface area contributed by atoms with Crippen LogP contribution in [0.1, 0.15) is 31.9 Å². The van der Waals surface area contributed by atoms with Gasteiger partial charge in [0.1, 0.15) is 0 Å². The molecule has 3 nitrogen and oxygen atoms in total. The molecule has 5 heteroatoms. The monoisotopic (exact) mass is 365 g/mol. The summed E-state index contributed by atoms with van der Waals surface area (Å²) in [5, 5.41) is 9.82. The second-order valence-corrected chi connectivity index (χ2v) is 5.97. The Morgan fingerprint density at radius 3 is 2.41 bits per heavy atom. The zero-order chi connectivity index (χ0) is 13.2. The number of nitrogens with two attached hydrogens (primary N) is 1. The van der Waals surface area contributed by atoms with Crippen molar-refractivity contribution in [2.24, 2.45) is 11.7 Å². The molecular formula is C12H17Br2NO2. The van der Waals surface area contributed by atoms with Gasteiger partial charge in [-0.1, -0.05) is 13.8 Å². The molecule has 96 valence electrons. The molecule has 0 spiro atoms. The third-order valence-corrected chi connectivity index (χ3v) is 4.68. The number of benzene rings is 1. The predicted molar refractivity (Wildman–Crippen MR) is 76.4 cm³/mol. The smallest absolute Gasteiger partial charge is 0.173 e. The summed E-state index contributed by atoms with van der Waals surface area (Å²) < 4.78 is 6.48. The van der Waals surface area contributed by atoms with Crippen molar-refractivity contribution in [1.29, 1.82) is 0 Å². The second kappa shape index (κ2) is 6.07. The van der Waals surface area contributed by atoms with E-state index in [2.05, 4.69) is 45.7 Å². The summed E-state index contributed by atoms with van der Waals surface area (Å²) in [6, 6.07) is 1.69. The zero-order valence-corrected chi connectivity index (χ0v) is 13.3. The van der Waals surface area contributed by atoms with Crippen molar-refractivity contribution < 1.29 is 9.84 Å². The van der Waals surface area contributed by atoms with E-state index in [0.29, 0.717) is 16.1 Å². The van der Waals surface area contributed by atoms with E-state index in [-0.39, 0.29) is 11.8 Å².